The molecule has 27 heavy (non-hydrogen) atoms. The normalized spacial score (nSPS) is 15.2. The van der Waals surface area contributed by atoms with Gasteiger partial charge in [-0.15, -0.1) is 0 Å². The first kappa shape index (κ1) is 19.1. The fraction of sp³-hybridized carbons (Fsp3) is 0.412. The highest BCUT2D eigenvalue weighted by Gasteiger charge is 2.27. The van der Waals surface area contributed by atoms with Gasteiger partial charge in [-0.05, 0) is 37.1 Å². The molecule has 144 valence electrons. The highest BCUT2D eigenvalue weighted by Crippen LogP contribution is 2.24. The van der Waals surface area contributed by atoms with Crippen LogP contribution in [0, 0.1) is 13.8 Å². The quantitative estimate of drug-likeness (QED) is 0.328. The van der Waals surface area contributed by atoms with Crippen molar-refractivity contribution in [1.82, 2.24) is 19.5 Å². The number of H-pyrrole nitrogens is 1. The van der Waals surface area contributed by atoms with Gasteiger partial charge in [0.05, 0.1) is 24.2 Å². The van der Waals surface area contributed by atoms with Crippen LogP contribution in [0.25, 0.3) is 22.6 Å². The van der Waals surface area contributed by atoms with Gasteiger partial charge in [-0.1, -0.05) is 0 Å². The first-order chi connectivity index (χ1) is 12.7. The van der Waals surface area contributed by atoms with Gasteiger partial charge in [0.15, 0.2) is 11.5 Å². The molecule has 5 N–H and O–H groups in total. The first-order valence-electron chi connectivity index (χ1n) is 8.29. The van der Waals surface area contributed by atoms with Crippen LogP contribution in [0.3, 0.4) is 0 Å². The van der Waals surface area contributed by atoms with Gasteiger partial charge in [0.2, 0.25) is 0 Å². The third-order valence-electron chi connectivity index (χ3n) is 4.57. The molecule has 1 unspecified atom stereocenters. The van der Waals surface area contributed by atoms with Crippen molar-refractivity contribution in [2.24, 2.45) is 0 Å². The summed E-state index contributed by atoms with van der Waals surface area (Å²) in [7, 11) is 0. The number of benzene rings is 1. The van der Waals surface area contributed by atoms with E-state index in [0.717, 1.165) is 11.1 Å². The molecule has 1 aromatic carbocycles. The monoisotopic (exact) mass is 376 g/mol. The molecule has 2 heterocycles. The fourth-order valence-electron chi connectivity index (χ4n) is 2.89. The summed E-state index contributed by atoms with van der Waals surface area (Å²) in [6.07, 6.45) is -4.68. The Morgan fingerprint density at radius 2 is 1.74 bits per heavy atom. The number of rotatable bonds is 5. The zero-order valence-electron chi connectivity index (χ0n) is 14.7. The van der Waals surface area contributed by atoms with E-state index >= 15 is 0 Å². The maximum absolute atomic E-state index is 12.2. The molecule has 0 bridgehead atoms. The maximum atomic E-state index is 12.2. The van der Waals surface area contributed by atoms with Crippen LogP contribution in [0.4, 0.5) is 0 Å². The van der Waals surface area contributed by atoms with Gasteiger partial charge in [0, 0.05) is 0 Å². The minimum absolute atomic E-state index is 0.0516. The van der Waals surface area contributed by atoms with E-state index in [1.54, 1.807) is 12.1 Å². The third kappa shape index (κ3) is 3.47. The predicted octanol–water partition coefficient (Wildman–Crippen LogP) is -1.72. The van der Waals surface area contributed by atoms with Crippen LogP contribution in [-0.2, 0) is 6.54 Å². The Bertz CT molecular complexity index is 1080. The minimum atomic E-state index is -1.64. The van der Waals surface area contributed by atoms with Crippen LogP contribution in [0.15, 0.2) is 21.7 Å². The lowest BCUT2D eigenvalue weighted by Gasteiger charge is -2.25. The predicted molar refractivity (Wildman–Crippen MR) is 95.6 cm³/mol. The van der Waals surface area contributed by atoms with Crippen molar-refractivity contribution in [3.05, 3.63) is 44.1 Å². The van der Waals surface area contributed by atoms with E-state index in [0.29, 0.717) is 11.0 Å². The van der Waals surface area contributed by atoms with Crippen LogP contribution in [0.1, 0.15) is 11.1 Å². The molecule has 10 nitrogen and oxygen atoms in total. The fourth-order valence-corrected chi connectivity index (χ4v) is 2.89. The summed E-state index contributed by atoms with van der Waals surface area (Å²) >= 11 is 0. The Hall–Kier alpha value is -2.66. The smallest absolute Gasteiger partial charge is 0.349 e. The van der Waals surface area contributed by atoms with E-state index in [9.17, 15) is 24.9 Å². The summed E-state index contributed by atoms with van der Waals surface area (Å²) < 4.78 is 1.40. The summed E-state index contributed by atoms with van der Waals surface area (Å²) in [4.78, 5) is 34.0. The third-order valence-corrected chi connectivity index (χ3v) is 4.57. The van der Waals surface area contributed by atoms with Crippen molar-refractivity contribution in [3.8, 4) is 11.5 Å². The van der Waals surface area contributed by atoms with Gasteiger partial charge >= 0.3 is 5.69 Å². The Labute approximate surface area is 152 Å². The van der Waals surface area contributed by atoms with Crippen molar-refractivity contribution in [2.45, 2.75) is 38.7 Å². The zero-order chi connectivity index (χ0) is 19.9. The van der Waals surface area contributed by atoms with E-state index in [4.69, 9.17) is 5.11 Å². The van der Waals surface area contributed by atoms with Gasteiger partial charge in [-0.25, -0.2) is 9.78 Å². The zero-order valence-corrected chi connectivity index (χ0v) is 14.7. The minimum Gasteiger partial charge on any atom is -0.394 e. The Balaban J connectivity index is 2.28. The van der Waals surface area contributed by atoms with Crippen LogP contribution in [0.2, 0.25) is 0 Å². The summed E-state index contributed by atoms with van der Waals surface area (Å²) in [5, 5.41) is 38.8. The van der Waals surface area contributed by atoms with Gasteiger partial charge in [0.25, 0.3) is 5.56 Å². The average molecular weight is 376 g/mol. The molecule has 0 aromatic heterocycles. The molecule has 2 aliphatic heterocycles. The molecular formula is C17H20N4O6. The number of aryl methyl sites for hydroxylation is 2. The molecule has 0 radical (unpaired) electrons. The van der Waals surface area contributed by atoms with Crippen LogP contribution in [0.5, 0.6) is 0 Å². The number of aliphatic hydroxyl groups excluding tert-OH is 4. The number of hydrogen-bond acceptors (Lipinski definition) is 8. The van der Waals surface area contributed by atoms with E-state index in [1.165, 1.54) is 4.57 Å². The number of aromatic amines is 1. The van der Waals surface area contributed by atoms with Crippen molar-refractivity contribution < 1.29 is 20.4 Å². The summed E-state index contributed by atoms with van der Waals surface area (Å²) in [5.74, 6) is -0.0516. The molecule has 0 aliphatic carbocycles. The number of aliphatic hydroxyl groups is 4. The van der Waals surface area contributed by atoms with Gasteiger partial charge in [-0.3, -0.25) is 9.78 Å². The highest BCUT2D eigenvalue weighted by atomic mass is 16.4. The lowest BCUT2D eigenvalue weighted by Crippen LogP contribution is -2.42. The SMILES string of the molecule is Cc1cc2nc3c(=O)[nH]c(=O)nc-3n(C[C@H](O)[C@H](O)C(O)CO)c2cc1C. The summed E-state index contributed by atoms with van der Waals surface area (Å²) in [5.41, 5.74) is 1.11. The summed E-state index contributed by atoms with van der Waals surface area (Å²) in [6.45, 7) is 2.73. The first-order valence-corrected chi connectivity index (χ1v) is 8.29. The van der Waals surface area contributed by atoms with E-state index < -0.39 is 36.2 Å². The van der Waals surface area contributed by atoms with Crippen molar-refractivity contribution in [1.29, 1.82) is 0 Å². The standard InChI is InChI=1S/C17H20N4O6/c1-7-3-9-10(4-8(7)2)21(5-11(23)14(25)12(24)6-22)15-13(18-9)16(26)20-17(27)19-15/h3-4,11-12,14,22-25H,5-6H2,1-2H3,(H,20,26,27)/t11-,12?,14-/m0/s1. The number of nitrogens with one attached hydrogen (secondary N) is 1. The largest absolute Gasteiger partial charge is 0.394 e. The topological polar surface area (TPSA) is 162 Å². The van der Waals surface area contributed by atoms with Crippen molar-refractivity contribution >= 4 is 11.0 Å². The second-order valence-corrected chi connectivity index (χ2v) is 6.50. The van der Waals surface area contributed by atoms with Crippen LogP contribution < -0.4 is 11.2 Å². The van der Waals surface area contributed by atoms with Crippen LogP contribution in [-0.4, -0.2) is 64.9 Å². The molecule has 0 amide bonds. The van der Waals surface area contributed by atoms with Gasteiger partial charge < -0.3 is 25.0 Å². The van der Waals surface area contributed by atoms with Crippen LogP contribution >= 0.6 is 0 Å². The van der Waals surface area contributed by atoms with Gasteiger partial charge in [-0.2, -0.15) is 4.98 Å². The number of nitrogens with zero attached hydrogens (tertiary/aromatic N) is 3. The number of fused-ring (bicyclic) bond motifs is 2. The van der Waals surface area contributed by atoms with E-state index in [-0.39, 0.29) is 18.1 Å². The second-order valence-electron chi connectivity index (χ2n) is 6.50. The molecule has 0 saturated heterocycles. The Morgan fingerprint density at radius 3 is 2.41 bits per heavy atom. The highest BCUT2D eigenvalue weighted by molar-refractivity contribution is 5.81. The number of aromatic nitrogens is 4. The van der Waals surface area contributed by atoms with Crippen molar-refractivity contribution in [2.75, 3.05) is 6.61 Å². The molecule has 1 aromatic rings. The van der Waals surface area contributed by atoms with E-state index in [2.05, 4.69) is 15.0 Å². The molecule has 2 aliphatic rings. The molecule has 3 atom stereocenters. The molecule has 10 heteroatoms. The molecular weight excluding hydrogens is 356 g/mol. The molecule has 3 rings (SSSR count). The lowest BCUT2D eigenvalue weighted by molar-refractivity contribution is -0.0802. The van der Waals surface area contributed by atoms with Crippen molar-refractivity contribution in [3.63, 3.8) is 0 Å². The Morgan fingerprint density at radius 1 is 1.07 bits per heavy atom. The molecule has 0 spiro atoms. The Kier molecular flexibility index (Phi) is 5.07. The summed E-state index contributed by atoms with van der Waals surface area (Å²) in [6, 6.07) is 3.53. The maximum Gasteiger partial charge on any atom is 0.349 e. The second kappa shape index (κ2) is 7.16. The lowest BCUT2D eigenvalue weighted by atomic mass is 10.1. The molecule has 0 saturated carbocycles. The number of hydrogen-bond donors (Lipinski definition) is 5. The molecule has 0 fully saturated rings. The van der Waals surface area contributed by atoms with Gasteiger partial charge in [0.1, 0.15) is 18.3 Å². The van der Waals surface area contributed by atoms with E-state index in [1.807, 2.05) is 13.8 Å². The average Bonchev–Trinajstić information content (AvgIpc) is 2.62.